The Labute approximate surface area is 233 Å². The quantitative estimate of drug-likeness (QED) is 0.417. The van der Waals surface area contributed by atoms with Crippen molar-refractivity contribution in [1.82, 2.24) is 4.90 Å². The van der Waals surface area contributed by atoms with Gasteiger partial charge in [0.25, 0.3) is 0 Å². The maximum atomic E-state index is 13.9. The molecule has 2 aromatic carbocycles. The van der Waals surface area contributed by atoms with E-state index in [1.165, 1.54) is 28.8 Å². The molecule has 1 heterocycles. The van der Waals surface area contributed by atoms with Crippen LogP contribution >= 0.6 is 0 Å². The van der Waals surface area contributed by atoms with Crippen molar-refractivity contribution in [3.05, 3.63) is 70.5 Å². The van der Waals surface area contributed by atoms with Gasteiger partial charge in [-0.15, -0.1) is 0 Å². The Morgan fingerprint density at radius 1 is 1.08 bits per heavy atom. The molecular weight excluding hydrogens is 493 g/mol. The molecule has 0 radical (unpaired) electrons. The lowest BCUT2D eigenvalue weighted by atomic mass is 9.77. The first kappa shape index (κ1) is 29.7. The van der Waals surface area contributed by atoms with Crippen LogP contribution in [0, 0.1) is 11.7 Å². The van der Waals surface area contributed by atoms with E-state index >= 15 is 0 Å². The van der Waals surface area contributed by atoms with Crippen molar-refractivity contribution in [3.8, 4) is 0 Å². The van der Waals surface area contributed by atoms with E-state index in [1.807, 2.05) is 12.1 Å². The van der Waals surface area contributed by atoms with Gasteiger partial charge in [-0.2, -0.15) is 0 Å². The first-order chi connectivity index (χ1) is 18.2. The number of benzene rings is 2. The van der Waals surface area contributed by atoms with E-state index in [2.05, 4.69) is 71.6 Å². The van der Waals surface area contributed by atoms with Crippen molar-refractivity contribution in [2.24, 2.45) is 5.92 Å². The minimum atomic E-state index is -0.914. The number of carboxylic acid groups (broad SMARTS) is 1. The molecule has 1 aliphatic carbocycles. The topological polar surface area (TPSA) is 59.0 Å². The van der Waals surface area contributed by atoms with Crippen LogP contribution in [-0.2, 0) is 25.1 Å². The molecule has 0 aromatic heterocycles. The lowest BCUT2D eigenvalue weighted by molar-refractivity contribution is -0.156. The highest BCUT2D eigenvalue weighted by atomic mass is 19.1. The third-order valence-corrected chi connectivity index (χ3v) is 8.45. The molecule has 0 bridgehead atoms. The number of halogens is 1. The van der Waals surface area contributed by atoms with Crippen LogP contribution in [0.25, 0.3) is 0 Å². The number of carbonyl (C=O) groups is 1. The molecule has 214 valence electrons. The normalized spacial score (nSPS) is 25.5. The highest BCUT2D eigenvalue weighted by Gasteiger charge is 2.41. The van der Waals surface area contributed by atoms with Crippen molar-refractivity contribution >= 4 is 5.97 Å². The van der Waals surface area contributed by atoms with Crippen LogP contribution in [0.2, 0.25) is 0 Å². The summed E-state index contributed by atoms with van der Waals surface area (Å²) in [4.78, 5) is 13.7. The summed E-state index contributed by atoms with van der Waals surface area (Å²) in [5.41, 5.74) is 4.96. The average molecular weight is 540 g/mol. The second-order valence-electron chi connectivity index (χ2n) is 13.5. The van der Waals surface area contributed by atoms with E-state index < -0.39 is 12.1 Å². The second kappa shape index (κ2) is 11.7. The van der Waals surface area contributed by atoms with Gasteiger partial charge in [-0.25, -0.2) is 9.18 Å². The Morgan fingerprint density at radius 2 is 1.77 bits per heavy atom. The van der Waals surface area contributed by atoms with Gasteiger partial charge in [0.15, 0.2) is 6.10 Å². The van der Waals surface area contributed by atoms with E-state index in [0.717, 1.165) is 24.9 Å². The zero-order valence-electron chi connectivity index (χ0n) is 24.7. The van der Waals surface area contributed by atoms with E-state index in [9.17, 15) is 14.3 Å². The molecule has 5 atom stereocenters. The third-order valence-electron chi connectivity index (χ3n) is 8.45. The Bertz CT molecular complexity index is 1130. The van der Waals surface area contributed by atoms with Crippen LogP contribution in [0.3, 0.4) is 0 Å². The monoisotopic (exact) mass is 539 g/mol. The molecule has 2 fully saturated rings. The predicted octanol–water partition coefficient (Wildman–Crippen LogP) is 6.85. The lowest BCUT2D eigenvalue weighted by Gasteiger charge is -2.35. The van der Waals surface area contributed by atoms with Crippen molar-refractivity contribution < 1.29 is 23.8 Å². The number of carboxylic acids is 1. The molecular formula is C33H46FNO4. The van der Waals surface area contributed by atoms with E-state index in [0.29, 0.717) is 19.7 Å². The fraction of sp³-hybridized carbons (Fsp3) is 0.606. The first-order valence-corrected chi connectivity index (χ1v) is 14.4. The highest BCUT2D eigenvalue weighted by Crippen LogP contribution is 2.45. The summed E-state index contributed by atoms with van der Waals surface area (Å²) in [6, 6.07) is 13.7. The molecule has 2 aromatic rings. The minimum absolute atomic E-state index is 0.0121. The number of hydrogen-bond donors (Lipinski definition) is 1. The zero-order valence-corrected chi connectivity index (χ0v) is 24.7. The van der Waals surface area contributed by atoms with E-state index in [4.69, 9.17) is 9.47 Å². The van der Waals surface area contributed by atoms with Gasteiger partial charge in [-0.05, 0) is 70.9 Å². The molecule has 39 heavy (non-hydrogen) atoms. The Balaban J connectivity index is 1.59. The molecule has 5 unspecified atom stereocenters. The number of hydrogen-bond acceptors (Lipinski definition) is 4. The van der Waals surface area contributed by atoms with Crippen LogP contribution in [0.1, 0.15) is 95.6 Å². The average Bonchev–Trinajstić information content (AvgIpc) is 3.24. The van der Waals surface area contributed by atoms with E-state index in [-0.39, 0.29) is 40.7 Å². The number of ether oxygens (including phenoxy) is 2. The summed E-state index contributed by atoms with van der Waals surface area (Å²) in [6.45, 7) is 17.9. The smallest absolute Gasteiger partial charge is 0.334 e. The molecule has 6 heteroatoms. The molecule has 4 rings (SSSR count). The summed E-state index contributed by atoms with van der Waals surface area (Å²) < 4.78 is 26.2. The van der Waals surface area contributed by atoms with Crippen molar-refractivity contribution in [2.75, 3.05) is 26.2 Å². The molecule has 2 aliphatic rings. The first-order valence-electron chi connectivity index (χ1n) is 14.4. The standard InChI is InChI=1S/C33H46FNO4/c1-21(26-14-11-24(32(2,3)4)18-27(26)33(5,6)7)39-28-15-10-23(30(28)22-8-12-25(34)13-9-22)19-35-16-17-38-29(20-35)31(36)37/h8-9,11-14,18,21,23,28-30H,10,15-17,19-20H2,1-7H3,(H,36,37). The predicted molar refractivity (Wildman–Crippen MR) is 153 cm³/mol. The summed E-state index contributed by atoms with van der Waals surface area (Å²) in [6.07, 6.45) is 0.989. The molecule has 1 N–H and O–H groups in total. The second-order valence-corrected chi connectivity index (χ2v) is 13.5. The lowest BCUT2D eigenvalue weighted by Crippen LogP contribution is -2.47. The molecule has 1 saturated heterocycles. The van der Waals surface area contributed by atoms with Crippen LogP contribution in [0.5, 0.6) is 0 Å². The van der Waals surface area contributed by atoms with Crippen molar-refractivity contribution in [3.63, 3.8) is 0 Å². The van der Waals surface area contributed by atoms with Gasteiger partial charge >= 0.3 is 5.97 Å². The molecule has 0 amide bonds. The number of morpholine rings is 1. The summed E-state index contributed by atoms with van der Waals surface area (Å²) in [5.74, 6) is -0.773. The third kappa shape index (κ3) is 7.08. The van der Waals surface area contributed by atoms with Gasteiger partial charge in [0.1, 0.15) is 5.82 Å². The van der Waals surface area contributed by atoms with Crippen LogP contribution in [0.15, 0.2) is 42.5 Å². The van der Waals surface area contributed by atoms with Gasteiger partial charge in [0.2, 0.25) is 0 Å². The highest BCUT2D eigenvalue weighted by molar-refractivity contribution is 5.72. The number of rotatable bonds is 7. The van der Waals surface area contributed by atoms with Crippen LogP contribution in [0.4, 0.5) is 4.39 Å². The van der Waals surface area contributed by atoms with Crippen LogP contribution < -0.4 is 0 Å². The molecule has 1 aliphatic heterocycles. The Kier molecular flexibility index (Phi) is 8.89. The number of aliphatic carboxylic acids is 1. The minimum Gasteiger partial charge on any atom is -0.479 e. The molecule has 0 spiro atoms. The summed E-state index contributed by atoms with van der Waals surface area (Å²) in [7, 11) is 0. The maximum Gasteiger partial charge on any atom is 0.334 e. The van der Waals surface area contributed by atoms with Gasteiger partial charge in [-0.1, -0.05) is 71.9 Å². The maximum absolute atomic E-state index is 13.9. The molecule has 1 saturated carbocycles. The zero-order chi connectivity index (χ0) is 28.5. The molecule has 5 nitrogen and oxygen atoms in total. The van der Waals surface area contributed by atoms with Gasteiger partial charge in [0, 0.05) is 25.6 Å². The van der Waals surface area contributed by atoms with Crippen molar-refractivity contribution in [1.29, 1.82) is 0 Å². The fourth-order valence-electron chi connectivity index (χ4n) is 6.28. The van der Waals surface area contributed by atoms with Gasteiger partial charge < -0.3 is 14.6 Å². The van der Waals surface area contributed by atoms with E-state index in [1.54, 1.807) is 0 Å². The Hall–Kier alpha value is -2.28. The largest absolute Gasteiger partial charge is 0.479 e. The number of nitrogens with zero attached hydrogens (tertiary/aromatic N) is 1. The van der Waals surface area contributed by atoms with Crippen molar-refractivity contribution in [2.45, 2.75) is 96.4 Å². The fourth-order valence-corrected chi connectivity index (χ4v) is 6.28. The summed E-state index contributed by atoms with van der Waals surface area (Å²) >= 11 is 0. The SMILES string of the molecule is CC(OC1CCC(CN2CCOC(C(=O)O)C2)C1c1ccc(F)cc1)c1ccc(C(C)(C)C)cc1C(C)(C)C. The summed E-state index contributed by atoms with van der Waals surface area (Å²) in [5, 5.41) is 9.46. The Morgan fingerprint density at radius 3 is 2.38 bits per heavy atom. The van der Waals surface area contributed by atoms with Gasteiger partial charge in [-0.3, -0.25) is 4.90 Å². The van der Waals surface area contributed by atoms with Crippen LogP contribution in [-0.4, -0.2) is 54.4 Å². The van der Waals surface area contributed by atoms with Gasteiger partial charge in [0.05, 0.1) is 18.8 Å².